The molecule has 28 heteroatoms. The average Bonchev–Trinajstić information content (AvgIpc) is 3.85. The van der Waals surface area contributed by atoms with E-state index in [2.05, 4.69) is 82.8 Å². The number of aromatic amines is 1. The molecule has 420 valence electrons. The summed E-state index contributed by atoms with van der Waals surface area (Å²) in [6.45, 7) is 12.2. The Morgan fingerprint density at radius 2 is 1.09 bits per heavy atom. The molecule has 0 aromatic carbocycles. The first-order valence-corrected chi connectivity index (χ1v) is 26.1. The van der Waals surface area contributed by atoms with Gasteiger partial charge in [-0.2, -0.15) is 25.3 Å². The first kappa shape index (κ1) is 66.3. The SMILES string of the molecule is CC[C@H](C)[C@H](NC(=O)[C@H](Cc1cnc[nH]1)NC(=O)[C@@H](N)CS)C(=O)N[C@H](C(=O)N[C@@H](CC(C)C)C(=O)N[C@@H](CC(C)C)C(=O)N[C@@H](CCCCN)C(=O)N[C@@H](CCCN=C(N)N)C(=O)N[C@@H](CS)C(=O)O)[C@@H](C)O. The van der Waals surface area contributed by atoms with Crippen molar-refractivity contribution in [1.82, 2.24) is 52.5 Å². The van der Waals surface area contributed by atoms with E-state index in [1.807, 2.05) is 0 Å². The number of hydrogen-bond donors (Lipinski definition) is 17. The number of carbonyl (C=O) groups excluding carboxylic acids is 8. The molecule has 0 spiro atoms. The number of carboxylic acid groups (broad SMARTS) is 1. The lowest BCUT2D eigenvalue weighted by atomic mass is 9.96. The van der Waals surface area contributed by atoms with E-state index in [-0.39, 0.29) is 80.9 Å². The fourth-order valence-corrected chi connectivity index (χ4v) is 7.68. The normalized spacial score (nSPS) is 15.8. The standard InChI is InChI=1S/C46H83N15O11S2/c1-8-25(6)35(60-42(68)33(18-27-19-51-22-53-27)56-37(63)28(48)20-73)43(69)61-36(26(7)62)44(70)58-32(17-24(4)5)41(67)57-31(16-23(2)3)40(66)55-29(12-9-10-14-47)38(64)54-30(13-11-15-52-46(49)50)39(65)59-34(21-74)45(71)72/h19,22-26,28-36,62,73-74H,8-18,20-21,47-48H2,1-7H3,(H,51,53)(H,54,64)(H,55,66)(H,56,63)(H,57,67)(H,58,70)(H,59,65)(H,60,68)(H,61,69)(H,71,72)(H4,49,50,52)/t25-,26+,28-,29-,30-,31-,32-,33-,34-,35-,36-/m0/s1. The van der Waals surface area contributed by atoms with Crippen LogP contribution in [0.15, 0.2) is 17.5 Å². The second-order valence-corrected chi connectivity index (χ2v) is 19.8. The van der Waals surface area contributed by atoms with Crippen molar-refractivity contribution in [3.05, 3.63) is 18.2 Å². The lowest BCUT2D eigenvalue weighted by Crippen LogP contribution is -2.63. The number of carbonyl (C=O) groups is 9. The number of carboxylic acids is 1. The molecular weight excluding hydrogens is 1000 g/mol. The third-order valence-corrected chi connectivity index (χ3v) is 12.4. The summed E-state index contributed by atoms with van der Waals surface area (Å²) < 4.78 is 0. The molecule has 0 bridgehead atoms. The molecule has 0 aliphatic carbocycles. The minimum atomic E-state index is -1.66. The minimum Gasteiger partial charge on any atom is -0.480 e. The van der Waals surface area contributed by atoms with Crippen molar-refractivity contribution in [2.24, 2.45) is 45.7 Å². The Morgan fingerprint density at radius 1 is 0.635 bits per heavy atom. The Hall–Kier alpha value is -5.71. The summed E-state index contributed by atoms with van der Waals surface area (Å²) in [7, 11) is 0. The predicted molar refractivity (Wildman–Crippen MR) is 284 cm³/mol. The zero-order valence-electron chi connectivity index (χ0n) is 43.5. The zero-order chi connectivity index (χ0) is 56.2. The van der Waals surface area contributed by atoms with Crippen LogP contribution < -0.4 is 65.5 Å². The smallest absolute Gasteiger partial charge is 0.327 e. The van der Waals surface area contributed by atoms with Gasteiger partial charge in [-0.15, -0.1) is 0 Å². The highest BCUT2D eigenvalue weighted by atomic mass is 32.1. The predicted octanol–water partition coefficient (Wildman–Crippen LogP) is -3.20. The summed E-state index contributed by atoms with van der Waals surface area (Å²) in [5.41, 5.74) is 22.9. The maximum absolute atomic E-state index is 14.2. The van der Waals surface area contributed by atoms with Gasteiger partial charge in [0.2, 0.25) is 47.3 Å². The second kappa shape index (κ2) is 34.7. The van der Waals surface area contributed by atoms with Gasteiger partial charge in [0.05, 0.1) is 18.5 Å². The molecule has 74 heavy (non-hydrogen) atoms. The van der Waals surface area contributed by atoms with E-state index in [0.29, 0.717) is 25.0 Å². The van der Waals surface area contributed by atoms with Gasteiger partial charge in [0.15, 0.2) is 5.96 Å². The largest absolute Gasteiger partial charge is 0.480 e. The summed E-state index contributed by atoms with van der Waals surface area (Å²) in [6.07, 6.45) is 2.80. The van der Waals surface area contributed by atoms with Crippen LogP contribution >= 0.6 is 25.3 Å². The Bertz CT molecular complexity index is 1990. The first-order chi connectivity index (χ1) is 34.8. The molecule has 19 N–H and O–H groups in total. The van der Waals surface area contributed by atoms with Crippen LogP contribution in [0.2, 0.25) is 0 Å². The minimum absolute atomic E-state index is 0.0108. The maximum atomic E-state index is 14.2. The molecular formula is C46H83N15O11S2. The van der Waals surface area contributed by atoms with Crippen molar-refractivity contribution in [2.75, 3.05) is 24.6 Å². The van der Waals surface area contributed by atoms with Crippen molar-refractivity contribution in [3.63, 3.8) is 0 Å². The van der Waals surface area contributed by atoms with Gasteiger partial charge in [0.25, 0.3) is 0 Å². The molecule has 1 heterocycles. The molecule has 1 aromatic rings. The van der Waals surface area contributed by atoms with Gasteiger partial charge in [0, 0.05) is 36.4 Å². The third-order valence-electron chi connectivity index (χ3n) is 11.6. The highest BCUT2D eigenvalue weighted by Crippen LogP contribution is 2.14. The van der Waals surface area contributed by atoms with Crippen LogP contribution in [-0.2, 0) is 49.6 Å². The molecule has 1 rings (SSSR count). The van der Waals surface area contributed by atoms with E-state index < -0.39 is 120 Å². The van der Waals surface area contributed by atoms with E-state index in [4.69, 9.17) is 22.9 Å². The maximum Gasteiger partial charge on any atom is 0.327 e. The van der Waals surface area contributed by atoms with Gasteiger partial charge in [0.1, 0.15) is 48.3 Å². The van der Waals surface area contributed by atoms with Gasteiger partial charge in [-0.3, -0.25) is 43.3 Å². The van der Waals surface area contributed by atoms with Crippen molar-refractivity contribution in [1.29, 1.82) is 0 Å². The molecule has 11 atom stereocenters. The Morgan fingerprint density at radius 3 is 1.54 bits per heavy atom. The number of aliphatic hydroxyl groups excluding tert-OH is 1. The van der Waals surface area contributed by atoms with Crippen molar-refractivity contribution >= 4 is 84.4 Å². The highest BCUT2D eigenvalue weighted by molar-refractivity contribution is 7.80. The number of aliphatic imine (C=N–C) groups is 1. The Kier molecular flexibility index (Phi) is 31.1. The van der Waals surface area contributed by atoms with Crippen molar-refractivity contribution in [2.45, 2.75) is 167 Å². The van der Waals surface area contributed by atoms with Crippen molar-refractivity contribution < 1.29 is 53.4 Å². The number of aliphatic carboxylic acids is 1. The summed E-state index contributed by atoms with van der Waals surface area (Å²) in [4.78, 5) is 133. The van der Waals surface area contributed by atoms with Gasteiger partial charge in [-0.1, -0.05) is 48.0 Å². The van der Waals surface area contributed by atoms with Crippen LogP contribution in [0.4, 0.5) is 0 Å². The van der Waals surface area contributed by atoms with Crippen LogP contribution in [0.25, 0.3) is 0 Å². The Labute approximate surface area is 444 Å². The zero-order valence-corrected chi connectivity index (χ0v) is 45.3. The molecule has 0 saturated heterocycles. The van der Waals surface area contributed by atoms with Gasteiger partial charge >= 0.3 is 5.97 Å². The quantitative estimate of drug-likeness (QED) is 0.0136. The molecule has 0 fully saturated rings. The number of nitrogens with one attached hydrogen (secondary N) is 9. The number of unbranched alkanes of at least 4 members (excludes halogenated alkanes) is 1. The van der Waals surface area contributed by atoms with Crippen LogP contribution in [0.5, 0.6) is 0 Å². The van der Waals surface area contributed by atoms with Crippen LogP contribution in [0.3, 0.4) is 0 Å². The number of nitrogens with zero attached hydrogens (tertiary/aromatic N) is 2. The lowest BCUT2D eigenvalue weighted by Gasteiger charge is -2.30. The molecule has 0 aliphatic rings. The molecule has 0 saturated carbocycles. The fourth-order valence-electron chi connectivity index (χ4n) is 7.27. The number of H-pyrrole nitrogens is 1. The molecule has 0 unspecified atom stereocenters. The van der Waals surface area contributed by atoms with Crippen LogP contribution in [-0.4, -0.2) is 164 Å². The van der Waals surface area contributed by atoms with E-state index in [1.54, 1.807) is 41.5 Å². The number of amides is 8. The lowest BCUT2D eigenvalue weighted by molar-refractivity contribution is -0.141. The summed E-state index contributed by atoms with van der Waals surface area (Å²) in [5.74, 6) is -9.17. The highest BCUT2D eigenvalue weighted by Gasteiger charge is 2.37. The van der Waals surface area contributed by atoms with Gasteiger partial charge in [-0.05, 0) is 76.2 Å². The number of imidazole rings is 1. The third kappa shape index (κ3) is 24.5. The number of aromatic nitrogens is 2. The van der Waals surface area contributed by atoms with E-state index >= 15 is 0 Å². The van der Waals surface area contributed by atoms with E-state index in [1.165, 1.54) is 19.4 Å². The molecule has 0 aliphatic heterocycles. The first-order valence-electron chi connectivity index (χ1n) is 24.8. The number of hydrogen-bond acceptors (Lipinski definition) is 16. The molecule has 8 amide bonds. The molecule has 1 aromatic heterocycles. The van der Waals surface area contributed by atoms with E-state index in [0.717, 1.165) is 0 Å². The number of aliphatic hydroxyl groups is 1. The fraction of sp³-hybridized carbons (Fsp3) is 0.717. The second-order valence-electron chi connectivity index (χ2n) is 19.0. The summed E-state index contributed by atoms with van der Waals surface area (Å²) in [5, 5.41) is 41.2. The van der Waals surface area contributed by atoms with Crippen molar-refractivity contribution in [3.8, 4) is 0 Å². The number of thiol groups is 2. The van der Waals surface area contributed by atoms with E-state index in [9.17, 15) is 53.4 Å². The van der Waals surface area contributed by atoms with Gasteiger partial charge < -0.3 is 80.7 Å². The van der Waals surface area contributed by atoms with Crippen LogP contribution in [0, 0.1) is 17.8 Å². The Balaban J connectivity index is 3.46. The number of nitrogens with two attached hydrogens (primary N) is 4. The van der Waals surface area contributed by atoms with Gasteiger partial charge in [-0.25, -0.2) is 9.78 Å². The topological polar surface area (TPSA) is 435 Å². The monoisotopic (exact) mass is 1090 g/mol. The molecule has 26 nitrogen and oxygen atoms in total. The summed E-state index contributed by atoms with van der Waals surface area (Å²) >= 11 is 8.06. The summed E-state index contributed by atoms with van der Waals surface area (Å²) in [6, 6.07) is -11.7. The average molecular weight is 1090 g/mol. The van der Waals surface area contributed by atoms with Crippen LogP contribution in [0.1, 0.15) is 106 Å². The number of guanidine groups is 1. The number of rotatable bonds is 36. The molecule has 0 radical (unpaired) electrons.